The summed E-state index contributed by atoms with van der Waals surface area (Å²) < 4.78 is 2.88. The number of pyridine rings is 1. The summed E-state index contributed by atoms with van der Waals surface area (Å²) in [4.78, 5) is 16.6. The highest BCUT2D eigenvalue weighted by Gasteiger charge is 2.23. The van der Waals surface area contributed by atoms with Crippen LogP contribution in [0.15, 0.2) is 16.7 Å². The number of rotatable bonds is 0. The molecule has 1 aliphatic rings. The molecule has 0 unspecified atom stereocenters. The second kappa shape index (κ2) is 3.95. The largest absolute Gasteiger partial charge is 0.332 e. The summed E-state index contributed by atoms with van der Waals surface area (Å²) in [5, 5.41) is 0.998. The van der Waals surface area contributed by atoms with Gasteiger partial charge >= 0.3 is 0 Å². The first kappa shape index (κ1) is 11.0. The van der Waals surface area contributed by atoms with E-state index in [0.717, 1.165) is 46.2 Å². The van der Waals surface area contributed by atoms with Crippen molar-refractivity contribution in [1.82, 2.24) is 9.55 Å². The molecule has 17 heavy (non-hydrogen) atoms. The van der Waals surface area contributed by atoms with Crippen LogP contribution < -0.4 is 0 Å². The number of ketones is 1. The zero-order valence-electron chi connectivity index (χ0n) is 9.66. The highest BCUT2D eigenvalue weighted by molar-refractivity contribution is 9.10. The van der Waals surface area contributed by atoms with Crippen LogP contribution in [-0.4, -0.2) is 15.3 Å². The zero-order valence-corrected chi connectivity index (χ0v) is 11.2. The Labute approximate surface area is 108 Å². The molecule has 0 atom stereocenters. The monoisotopic (exact) mass is 292 g/mol. The number of nitrogens with zero attached hydrogens (tertiary/aromatic N) is 2. The van der Waals surface area contributed by atoms with Crippen LogP contribution in [0, 0.1) is 0 Å². The summed E-state index contributed by atoms with van der Waals surface area (Å²) in [5.74, 6) is 0.271. The van der Waals surface area contributed by atoms with Crippen molar-refractivity contribution in [2.45, 2.75) is 25.7 Å². The second-order valence-electron chi connectivity index (χ2n) is 4.52. The van der Waals surface area contributed by atoms with Crippen LogP contribution in [0.2, 0.25) is 0 Å². The topological polar surface area (TPSA) is 34.9 Å². The number of aryl methyl sites for hydroxylation is 1. The molecule has 2 heterocycles. The van der Waals surface area contributed by atoms with E-state index in [4.69, 9.17) is 0 Å². The van der Waals surface area contributed by atoms with Crippen molar-refractivity contribution in [3.05, 3.63) is 28.0 Å². The Hall–Kier alpha value is -1.16. The van der Waals surface area contributed by atoms with Crippen molar-refractivity contribution < 1.29 is 4.79 Å². The van der Waals surface area contributed by atoms with Gasteiger partial charge in [-0.25, -0.2) is 4.98 Å². The van der Waals surface area contributed by atoms with E-state index in [9.17, 15) is 4.79 Å². The normalized spacial score (nSPS) is 16.0. The van der Waals surface area contributed by atoms with Crippen molar-refractivity contribution in [3.8, 4) is 0 Å². The van der Waals surface area contributed by atoms with Gasteiger partial charge in [-0.3, -0.25) is 4.79 Å². The van der Waals surface area contributed by atoms with Crippen molar-refractivity contribution in [2.24, 2.45) is 7.05 Å². The lowest BCUT2D eigenvalue weighted by molar-refractivity contribution is 0.0983. The zero-order chi connectivity index (χ0) is 12.0. The molecule has 0 bridgehead atoms. The third-order valence-corrected chi connectivity index (χ3v) is 3.91. The Morgan fingerprint density at radius 3 is 2.88 bits per heavy atom. The molecule has 3 rings (SSSR count). The third kappa shape index (κ3) is 1.62. The Balaban J connectivity index is 2.38. The Kier molecular flexibility index (Phi) is 2.54. The summed E-state index contributed by atoms with van der Waals surface area (Å²) in [7, 11) is 2.00. The first-order chi connectivity index (χ1) is 8.18. The molecule has 0 fully saturated rings. The van der Waals surface area contributed by atoms with Crippen LogP contribution in [-0.2, 0) is 13.5 Å². The molecule has 0 spiro atoms. The molecule has 2 aromatic rings. The van der Waals surface area contributed by atoms with Crippen LogP contribution in [0.5, 0.6) is 0 Å². The van der Waals surface area contributed by atoms with E-state index in [-0.39, 0.29) is 5.78 Å². The summed E-state index contributed by atoms with van der Waals surface area (Å²) in [6, 6.07) is 3.90. The maximum Gasteiger partial charge on any atom is 0.165 e. The second-order valence-corrected chi connectivity index (χ2v) is 5.33. The van der Waals surface area contributed by atoms with Crippen LogP contribution in [0.1, 0.15) is 35.3 Å². The minimum absolute atomic E-state index is 0.271. The van der Waals surface area contributed by atoms with Crippen LogP contribution in [0.25, 0.3) is 11.0 Å². The van der Waals surface area contributed by atoms with E-state index >= 15 is 0 Å². The summed E-state index contributed by atoms with van der Waals surface area (Å²) >= 11 is 3.38. The van der Waals surface area contributed by atoms with E-state index in [2.05, 4.69) is 25.5 Å². The van der Waals surface area contributed by atoms with E-state index in [1.54, 1.807) is 0 Å². The molecule has 0 aliphatic heterocycles. The summed E-state index contributed by atoms with van der Waals surface area (Å²) in [6.45, 7) is 0. The van der Waals surface area contributed by atoms with Gasteiger partial charge < -0.3 is 4.57 Å². The molecule has 0 saturated carbocycles. The first-order valence-electron chi connectivity index (χ1n) is 5.85. The Bertz CT molecular complexity index is 615. The highest BCUT2D eigenvalue weighted by atomic mass is 79.9. The molecule has 0 saturated heterocycles. The van der Waals surface area contributed by atoms with E-state index in [1.807, 2.05) is 19.2 Å². The van der Waals surface area contributed by atoms with E-state index < -0.39 is 0 Å². The number of Topliss-reactive ketones (excluding diaryl/α,β-unsaturated/α-hetero) is 1. The number of aromatic nitrogens is 2. The maximum absolute atomic E-state index is 12.2. The average Bonchev–Trinajstić information content (AvgIpc) is 2.47. The fraction of sp³-hybridized carbons (Fsp3) is 0.385. The number of carbonyl (C=O) groups is 1. The lowest BCUT2D eigenvalue weighted by Crippen LogP contribution is -2.01. The highest BCUT2D eigenvalue weighted by Crippen LogP contribution is 2.30. The molecule has 3 nitrogen and oxygen atoms in total. The lowest BCUT2D eigenvalue weighted by Gasteiger charge is -2.02. The lowest BCUT2D eigenvalue weighted by atomic mass is 10.1. The molecule has 0 aromatic carbocycles. The molecule has 0 amide bonds. The maximum atomic E-state index is 12.2. The molecular weight excluding hydrogens is 280 g/mol. The van der Waals surface area contributed by atoms with Gasteiger partial charge in [0.05, 0.1) is 0 Å². The number of hydrogen-bond donors (Lipinski definition) is 0. The van der Waals surface area contributed by atoms with Crippen LogP contribution in [0.3, 0.4) is 0 Å². The van der Waals surface area contributed by atoms with Gasteiger partial charge in [0.2, 0.25) is 0 Å². The fourth-order valence-corrected chi connectivity index (χ4v) is 2.93. The molecule has 2 aromatic heterocycles. The number of fused-ring (bicyclic) bond motifs is 3. The number of carbonyl (C=O) groups excluding carboxylic acids is 1. The van der Waals surface area contributed by atoms with Gasteiger partial charge in [0.25, 0.3) is 0 Å². The molecule has 0 N–H and O–H groups in total. The fourth-order valence-electron chi connectivity index (χ4n) is 2.63. The summed E-state index contributed by atoms with van der Waals surface area (Å²) in [6.07, 6.45) is 3.73. The van der Waals surface area contributed by atoms with Gasteiger partial charge in [-0.2, -0.15) is 0 Å². The number of hydrogen-bond acceptors (Lipinski definition) is 2. The third-order valence-electron chi connectivity index (χ3n) is 3.47. The summed E-state index contributed by atoms with van der Waals surface area (Å²) in [5.41, 5.74) is 2.95. The Morgan fingerprint density at radius 1 is 1.29 bits per heavy atom. The SMILES string of the molecule is Cn1c2c(c3ccc(Br)nc31)C(=O)CCCC2. The Morgan fingerprint density at radius 2 is 2.06 bits per heavy atom. The molecule has 1 aliphatic carbocycles. The minimum atomic E-state index is 0.271. The smallest absolute Gasteiger partial charge is 0.165 e. The van der Waals surface area contributed by atoms with Gasteiger partial charge in [-0.15, -0.1) is 0 Å². The standard InChI is InChI=1S/C13H13BrN2O/c1-16-9-4-2-3-5-10(17)12(9)8-6-7-11(14)15-13(8)16/h6-7H,2-5H2,1H3. The van der Waals surface area contributed by atoms with Gasteiger partial charge in [0.1, 0.15) is 10.3 Å². The minimum Gasteiger partial charge on any atom is -0.332 e. The van der Waals surface area contributed by atoms with Crippen LogP contribution >= 0.6 is 15.9 Å². The van der Waals surface area contributed by atoms with Gasteiger partial charge in [0, 0.05) is 30.1 Å². The predicted octanol–water partition coefficient (Wildman–Crippen LogP) is 3.24. The number of halogens is 1. The van der Waals surface area contributed by atoms with Gasteiger partial charge in [0.15, 0.2) is 5.78 Å². The van der Waals surface area contributed by atoms with Crippen molar-refractivity contribution in [2.75, 3.05) is 0 Å². The van der Waals surface area contributed by atoms with E-state index in [1.165, 1.54) is 0 Å². The van der Waals surface area contributed by atoms with Crippen LogP contribution in [0.4, 0.5) is 0 Å². The van der Waals surface area contributed by atoms with Crippen molar-refractivity contribution >= 4 is 32.7 Å². The first-order valence-corrected chi connectivity index (χ1v) is 6.65. The van der Waals surface area contributed by atoms with Crippen molar-refractivity contribution in [3.63, 3.8) is 0 Å². The molecule has 88 valence electrons. The molecule has 0 radical (unpaired) electrons. The van der Waals surface area contributed by atoms with Gasteiger partial charge in [-0.1, -0.05) is 0 Å². The quantitative estimate of drug-likeness (QED) is 0.552. The molecule has 4 heteroatoms. The predicted molar refractivity (Wildman–Crippen MR) is 70.3 cm³/mol. The average molecular weight is 293 g/mol. The van der Waals surface area contributed by atoms with E-state index in [0.29, 0.717) is 6.42 Å². The molecular formula is C13H13BrN2O. The van der Waals surface area contributed by atoms with Gasteiger partial charge in [-0.05, 0) is 47.3 Å². The van der Waals surface area contributed by atoms with Crippen molar-refractivity contribution in [1.29, 1.82) is 0 Å².